The Balaban J connectivity index is 2.11. The standard InChI is InChI=1S/C10H10IN3O/c11-10-13-9(6-3-7(15)4-6)8-5-12-1-2-14(8)10/h1-2,5-7,15H,3-4H2. The minimum absolute atomic E-state index is 0.138. The van der Waals surface area contributed by atoms with Crippen LogP contribution in [0.5, 0.6) is 0 Å². The lowest BCUT2D eigenvalue weighted by atomic mass is 9.80. The molecule has 1 fully saturated rings. The number of halogens is 1. The summed E-state index contributed by atoms with van der Waals surface area (Å²) < 4.78 is 2.99. The molecule has 2 heterocycles. The summed E-state index contributed by atoms with van der Waals surface area (Å²) in [5, 5.41) is 9.31. The van der Waals surface area contributed by atoms with Crippen LogP contribution < -0.4 is 0 Å². The predicted molar refractivity (Wildman–Crippen MR) is 63.7 cm³/mol. The van der Waals surface area contributed by atoms with E-state index in [1.807, 2.05) is 16.8 Å². The predicted octanol–water partition coefficient (Wildman–Crippen LogP) is 1.57. The van der Waals surface area contributed by atoms with Gasteiger partial charge in [-0.05, 0) is 12.8 Å². The van der Waals surface area contributed by atoms with Gasteiger partial charge in [0.1, 0.15) is 0 Å². The number of nitrogens with zero attached hydrogens (tertiary/aromatic N) is 3. The van der Waals surface area contributed by atoms with Gasteiger partial charge >= 0.3 is 0 Å². The topological polar surface area (TPSA) is 50.4 Å². The highest BCUT2D eigenvalue weighted by atomic mass is 127. The Morgan fingerprint density at radius 2 is 2.27 bits per heavy atom. The van der Waals surface area contributed by atoms with Gasteiger partial charge in [-0.1, -0.05) is 0 Å². The number of hydrogen-bond acceptors (Lipinski definition) is 3. The number of aliphatic hydroxyl groups is 1. The third kappa shape index (κ3) is 1.45. The Morgan fingerprint density at radius 1 is 1.47 bits per heavy atom. The lowest BCUT2D eigenvalue weighted by Crippen LogP contribution is -2.26. The Bertz CT molecular complexity index is 504. The van der Waals surface area contributed by atoms with Crippen molar-refractivity contribution in [2.45, 2.75) is 24.9 Å². The molecule has 1 N–H and O–H groups in total. The molecule has 1 aliphatic rings. The minimum atomic E-state index is -0.138. The number of hydrogen-bond donors (Lipinski definition) is 1. The molecule has 2 aromatic heterocycles. The average Bonchev–Trinajstić information content (AvgIpc) is 2.52. The summed E-state index contributed by atoms with van der Waals surface area (Å²) in [7, 11) is 0. The van der Waals surface area contributed by atoms with Gasteiger partial charge in [-0.3, -0.25) is 9.38 Å². The van der Waals surface area contributed by atoms with E-state index in [2.05, 4.69) is 32.6 Å². The lowest BCUT2D eigenvalue weighted by Gasteiger charge is -2.30. The van der Waals surface area contributed by atoms with Crippen molar-refractivity contribution in [1.82, 2.24) is 14.4 Å². The van der Waals surface area contributed by atoms with Crippen molar-refractivity contribution in [1.29, 1.82) is 0 Å². The average molecular weight is 315 g/mol. The Hall–Kier alpha value is -0.690. The maximum absolute atomic E-state index is 9.31. The van der Waals surface area contributed by atoms with E-state index in [1.54, 1.807) is 6.20 Å². The minimum Gasteiger partial charge on any atom is -0.393 e. The molecule has 0 aromatic carbocycles. The van der Waals surface area contributed by atoms with Crippen LogP contribution in [0.25, 0.3) is 5.52 Å². The molecule has 1 saturated carbocycles. The maximum atomic E-state index is 9.31. The molecule has 78 valence electrons. The monoisotopic (exact) mass is 315 g/mol. The Morgan fingerprint density at radius 3 is 3.00 bits per heavy atom. The summed E-state index contributed by atoms with van der Waals surface area (Å²) in [5.74, 6) is 0.405. The van der Waals surface area contributed by atoms with E-state index in [0.29, 0.717) is 5.92 Å². The summed E-state index contributed by atoms with van der Waals surface area (Å²) in [6, 6.07) is 0. The van der Waals surface area contributed by atoms with Crippen LogP contribution in [0.3, 0.4) is 0 Å². The van der Waals surface area contributed by atoms with Crippen molar-refractivity contribution >= 4 is 28.1 Å². The van der Waals surface area contributed by atoms with Crippen LogP contribution in [0.15, 0.2) is 18.6 Å². The van der Waals surface area contributed by atoms with E-state index in [9.17, 15) is 5.11 Å². The van der Waals surface area contributed by atoms with Gasteiger partial charge in [-0.2, -0.15) is 0 Å². The Kier molecular flexibility index (Phi) is 2.17. The van der Waals surface area contributed by atoms with Gasteiger partial charge in [0.05, 0.1) is 23.5 Å². The molecule has 0 saturated heterocycles. The highest BCUT2D eigenvalue weighted by Crippen LogP contribution is 2.38. The fourth-order valence-electron chi connectivity index (χ4n) is 2.03. The Labute approximate surface area is 100 Å². The first kappa shape index (κ1) is 9.53. The smallest absolute Gasteiger partial charge is 0.176 e. The summed E-state index contributed by atoms with van der Waals surface area (Å²) >= 11 is 2.22. The fraction of sp³-hybridized carbons (Fsp3) is 0.400. The number of aliphatic hydroxyl groups excluding tert-OH is 1. The van der Waals surface area contributed by atoms with Gasteiger partial charge in [0, 0.05) is 40.9 Å². The van der Waals surface area contributed by atoms with E-state index in [4.69, 9.17) is 0 Å². The largest absolute Gasteiger partial charge is 0.393 e. The second-order valence-corrected chi connectivity index (χ2v) is 4.88. The number of rotatable bonds is 1. The normalized spacial score (nSPS) is 25.5. The van der Waals surface area contributed by atoms with Crippen LogP contribution in [-0.2, 0) is 0 Å². The van der Waals surface area contributed by atoms with E-state index >= 15 is 0 Å². The van der Waals surface area contributed by atoms with Crippen LogP contribution in [0.1, 0.15) is 24.5 Å². The quantitative estimate of drug-likeness (QED) is 0.813. The molecule has 0 amide bonds. The second-order valence-electron chi connectivity index (χ2n) is 3.92. The maximum Gasteiger partial charge on any atom is 0.176 e. The van der Waals surface area contributed by atoms with Crippen LogP contribution in [0.2, 0.25) is 0 Å². The number of aromatic nitrogens is 3. The molecular weight excluding hydrogens is 305 g/mol. The van der Waals surface area contributed by atoms with E-state index in [-0.39, 0.29) is 6.10 Å². The van der Waals surface area contributed by atoms with Crippen molar-refractivity contribution < 1.29 is 5.11 Å². The van der Waals surface area contributed by atoms with Gasteiger partial charge in [-0.25, -0.2) is 4.98 Å². The van der Waals surface area contributed by atoms with Crippen molar-refractivity contribution in [2.75, 3.05) is 0 Å². The van der Waals surface area contributed by atoms with Crippen molar-refractivity contribution in [3.63, 3.8) is 0 Å². The van der Waals surface area contributed by atoms with Gasteiger partial charge in [-0.15, -0.1) is 0 Å². The van der Waals surface area contributed by atoms with Crippen LogP contribution in [0, 0.1) is 3.83 Å². The molecule has 15 heavy (non-hydrogen) atoms. The molecule has 0 aliphatic heterocycles. The zero-order valence-corrected chi connectivity index (χ0v) is 10.1. The van der Waals surface area contributed by atoms with E-state index in [1.165, 1.54) is 0 Å². The first-order valence-corrected chi connectivity index (χ1v) is 5.99. The highest BCUT2D eigenvalue weighted by Gasteiger charge is 2.32. The highest BCUT2D eigenvalue weighted by molar-refractivity contribution is 14.1. The molecule has 4 nitrogen and oxygen atoms in total. The fourth-order valence-corrected chi connectivity index (χ4v) is 2.71. The third-order valence-corrected chi connectivity index (χ3v) is 3.69. The molecule has 1 aliphatic carbocycles. The number of imidazole rings is 1. The van der Waals surface area contributed by atoms with Crippen molar-refractivity contribution in [3.05, 3.63) is 28.1 Å². The van der Waals surface area contributed by atoms with Crippen molar-refractivity contribution in [2.24, 2.45) is 0 Å². The summed E-state index contributed by atoms with van der Waals surface area (Å²) in [6.45, 7) is 0. The third-order valence-electron chi connectivity index (χ3n) is 2.93. The first-order chi connectivity index (χ1) is 7.25. The van der Waals surface area contributed by atoms with Crippen LogP contribution >= 0.6 is 22.6 Å². The SMILES string of the molecule is OC1CC(c2nc(I)n3ccncc23)C1. The summed E-state index contributed by atoms with van der Waals surface area (Å²) in [4.78, 5) is 8.66. The molecule has 2 aromatic rings. The molecule has 0 bridgehead atoms. The van der Waals surface area contributed by atoms with Gasteiger partial charge in [0.15, 0.2) is 3.83 Å². The first-order valence-electron chi connectivity index (χ1n) is 4.91. The van der Waals surface area contributed by atoms with Gasteiger partial charge < -0.3 is 5.11 Å². The molecule has 3 rings (SSSR count). The molecule has 5 heteroatoms. The zero-order valence-electron chi connectivity index (χ0n) is 7.97. The summed E-state index contributed by atoms with van der Waals surface area (Å²) in [6.07, 6.45) is 7.05. The molecule has 0 atom stereocenters. The summed E-state index contributed by atoms with van der Waals surface area (Å²) in [5.41, 5.74) is 2.15. The molecule has 0 radical (unpaired) electrons. The lowest BCUT2D eigenvalue weighted by molar-refractivity contribution is 0.0738. The number of fused-ring (bicyclic) bond motifs is 1. The van der Waals surface area contributed by atoms with Crippen LogP contribution in [-0.4, -0.2) is 25.6 Å². The zero-order chi connectivity index (χ0) is 10.4. The van der Waals surface area contributed by atoms with Crippen LogP contribution in [0.4, 0.5) is 0 Å². The van der Waals surface area contributed by atoms with Gasteiger partial charge in [0.25, 0.3) is 0 Å². The molecule has 0 spiro atoms. The van der Waals surface area contributed by atoms with E-state index < -0.39 is 0 Å². The van der Waals surface area contributed by atoms with Crippen molar-refractivity contribution in [3.8, 4) is 0 Å². The second kappa shape index (κ2) is 3.41. The van der Waals surface area contributed by atoms with E-state index in [0.717, 1.165) is 27.9 Å². The molecular formula is C10H10IN3O. The van der Waals surface area contributed by atoms with Gasteiger partial charge in [0.2, 0.25) is 0 Å². The molecule has 0 unspecified atom stereocenters.